The van der Waals surface area contributed by atoms with Crippen LogP contribution < -0.4 is 0 Å². The number of carboxylic acid groups (broad SMARTS) is 1. The number of aryl methyl sites for hydroxylation is 3. The van der Waals surface area contributed by atoms with Gasteiger partial charge in [-0.15, -0.1) is 0 Å². The number of hydrogen-bond acceptors (Lipinski definition) is 2. The van der Waals surface area contributed by atoms with Gasteiger partial charge in [-0.05, 0) is 49.9 Å². The molecule has 1 N–H and O–H groups in total. The molecule has 0 amide bonds. The minimum absolute atomic E-state index is 0.151. The minimum atomic E-state index is -0.754. The van der Waals surface area contributed by atoms with E-state index in [-0.39, 0.29) is 6.42 Å². The highest BCUT2D eigenvalue weighted by Gasteiger charge is 2.26. The number of carbonyl (C=O) groups is 1. The fourth-order valence-electron chi connectivity index (χ4n) is 2.82. The second-order valence-corrected chi connectivity index (χ2v) is 5.82. The summed E-state index contributed by atoms with van der Waals surface area (Å²) in [6.45, 7) is 4.69. The summed E-state index contributed by atoms with van der Waals surface area (Å²) < 4.78 is 2.12. The van der Waals surface area contributed by atoms with Gasteiger partial charge in [0.05, 0.1) is 17.5 Å². The highest BCUT2D eigenvalue weighted by Crippen LogP contribution is 2.37. The lowest BCUT2D eigenvalue weighted by Crippen LogP contribution is -2.16. The summed E-state index contributed by atoms with van der Waals surface area (Å²) in [5, 5.41) is 8.95. The van der Waals surface area contributed by atoms with E-state index in [1.54, 1.807) is 0 Å². The van der Waals surface area contributed by atoms with Crippen LogP contribution in [0.15, 0.2) is 12.1 Å². The lowest BCUT2D eigenvalue weighted by Gasteiger charge is -2.25. The van der Waals surface area contributed by atoms with Crippen molar-refractivity contribution in [1.29, 1.82) is 0 Å². The zero-order valence-electron chi connectivity index (χ0n) is 12.0. The molecule has 0 aliphatic heterocycles. The van der Waals surface area contributed by atoms with Crippen molar-refractivity contribution < 1.29 is 9.90 Å². The first kappa shape index (κ1) is 13.2. The average Bonchev–Trinajstić information content (AvgIpc) is 2.63. The van der Waals surface area contributed by atoms with E-state index in [0.717, 1.165) is 16.9 Å². The first-order valence-electron chi connectivity index (χ1n) is 7.25. The van der Waals surface area contributed by atoms with Crippen molar-refractivity contribution in [2.24, 2.45) is 0 Å². The summed E-state index contributed by atoms with van der Waals surface area (Å²) in [5.74, 6) is 0.838. The topological polar surface area (TPSA) is 55.1 Å². The van der Waals surface area contributed by atoms with Gasteiger partial charge < -0.3 is 9.67 Å². The van der Waals surface area contributed by atoms with Crippen LogP contribution in [0.4, 0.5) is 0 Å². The van der Waals surface area contributed by atoms with Crippen molar-refractivity contribution in [2.45, 2.75) is 52.0 Å². The van der Waals surface area contributed by atoms with Gasteiger partial charge >= 0.3 is 5.97 Å². The Hall–Kier alpha value is -1.84. The Bertz CT molecular complexity index is 669. The van der Waals surface area contributed by atoms with Gasteiger partial charge in [0, 0.05) is 12.5 Å². The number of fused-ring (bicyclic) bond motifs is 1. The monoisotopic (exact) mass is 272 g/mol. The molecule has 106 valence electrons. The second-order valence-electron chi connectivity index (χ2n) is 5.82. The first-order valence-corrected chi connectivity index (χ1v) is 7.25. The number of benzene rings is 1. The molecule has 0 radical (unpaired) electrons. The SMILES string of the molecule is Cc1cc2nc(C3CCC3)n(CCC(=O)O)c2cc1C. The van der Waals surface area contributed by atoms with Crippen molar-refractivity contribution >= 4 is 17.0 Å². The van der Waals surface area contributed by atoms with Crippen molar-refractivity contribution in [2.75, 3.05) is 0 Å². The summed E-state index contributed by atoms with van der Waals surface area (Å²) in [7, 11) is 0. The average molecular weight is 272 g/mol. The Kier molecular flexibility index (Phi) is 3.24. The highest BCUT2D eigenvalue weighted by atomic mass is 16.4. The van der Waals surface area contributed by atoms with Gasteiger partial charge in [-0.25, -0.2) is 4.98 Å². The number of aliphatic carboxylic acids is 1. The van der Waals surface area contributed by atoms with Gasteiger partial charge in [0.2, 0.25) is 0 Å². The molecule has 0 spiro atoms. The molecule has 1 aromatic heterocycles. The third-order valence-corrected chi connectivity index (χ3v) is 4.41. The van der Waals surface area contributed by atoms with E-state index in [9.17, 15) is 4.79 Å². The van der Waals surface area contributed by atoms with Gasteiger partial charge in [0.15, 0.2) is 0 Å². The number of nitrogens with zero attached hydrogens (tertiary/aromatic N) is 2. The van der Waals surface area contributed by atoms with Crippen molar-refractivity contribution in [3.63, 3.8) is 0 Å². The van der Waals surface area contributed by atoms with E-state index < -0.39 is 5.97 Å². The Morgan fingerprint density at radius 3 is 2.65 bits per heavy atom. The van der Waals surface area contributed by atoms with E-state index in [1.165, 1.54) is 30.4 Å². The van der Waals surface area contributed by atoms with Gasteiger partial charge in [-0.2, -0.15) is 0 Å². The molecule has 0 atom stereocenters. The van der Waals surface area contributed by atoms with E-state index in [4.69, 9.17) is 10.1 Å². The standard InChI is InChI=1S/C16H20N2O2/c1-10-8-13-14(9-11(10)2)18(7-6-15(19)20)16(17-13)12-4-3-5-12/h8-9,12H,3-7H2,1-2H3,(H,19,20). The molecule has 1 aliphatic rings. The summed E-state index contributed by atoms with van der Waals surface area (Å²) in [6.07, 6.45) is 3.76. The molecule has 1 aromatic carbocycles. The van der Waals surface area contributed by atoms with Gasteiger partial charge in [-0.1, -0.05) is 6.42 Å². The number of hydrogen-bond donors (Lipinski definition) is 1. The highest BCUT2D eigenvalue weighted by molar-refractivity contribution is 5.78. The van der Waals surface area contributed by atoms with Crippen LogP contribution in [0.3, 0.4) is 0 Å². The normalized spacial score (nSPS) is 15.5. The molecule has 3 rings (SSSR count). The molecule has 1 aliphatic carbocycles. The predicted molar refractivity (Wildman–Crippen MR) is 78.1 cm³/mol. The van der Waals surface area contributed by atoms with Crippen LogP contribution in [-0.2, 0) is 11.3 Å². The van der Waals surface area contributed by atoms with Gasteiger partial charge in [-0.3, -0.25) is 4.79 Å². The summed E-state index contributed by atoms with van der Waals surface area (Å²) >= 11 is 0. The van der Waals surface area contributed by atoms with E-state index >= 15 is 0 Å². The Morgan fingerprint density at radius 1 is 1.35 bits per heavy atom. The quantitative estimate of drug-likeness (QED) is 0.928. The number of imidazole rings is 1. The molecule has 1 saturated carbocycles. The molecular formula is C16H20N2O2. The van der Waals surface area contributed by atoms with Crippen molar-refractivity contribution in [1.82, 2.24) is 9.55 Å². The maximum absolute atomic E-state index is 10.9. The van der Waals surface area contributed by atoms with Crippen LogP contribution in [0, 0.1) is 13.8 Å². The van der Waals surface area contributed by atoms with Crippen LogP contribution in [-0.4, -0.2) is 20.6 Å². The predicted octanol–water partition coefficient (Wildman–Crippen LogP) is 3.40. The van der Waals surface area contributed by atoms with Crippen LogP contribution in [0.25, 0.3) is 11.0 Å². The smallest absolute Gasteiger partial charge is 0.305 e. The van der Waals surface area contributed by atoms with Crippen molar-refractivity contribution in [3.8, 4) is 0 Å². The molecule has 1 fully saturated rings. The molecule has 0 bridgehead atoms. The zero-order chi connectivity index (χ0) is 14.3. The van der Waals surface area contributed by atoms with Crippen LogP contribution in [0.2, 0.25) is 0 Å². The zero-order valence-corrected chi connectivity index (χ0v) is 12.0. The Balaban J connectivity index is 2.09. The summed E-state index contributed by atoms with van der Waals surface area (Å²) in [6, 6.07) is 4.26. The van der Waals surface area contributed by atoms with E-state index in [2.05, 4.69) is 30.5 Å². The van der Waals surface area contributed by atoms with Crippen LogP contribution >= 0.6 is 0 Å². The van der Waals surface area contributed by atoms with E-state index in [1.807, 2.05) is 0 Å². The minimum Gasteiger partial charge on any atom is -0.481 e. The third-order valence-electron chi connectivity index (χ3n) is 4.41. The largest absolute Gasteiger partial charge is 0.481 e. The maximum Gasteiger partial charge on any atom is 0.305 e. The lowest BCUT2D eigenvalue weighted by molar-refractivity contribution is -0.137. The molecule has 2 aromatic rings. The Morgan fingerprint density at radius 2 is 2.05 bits per heavy atom. The third kappa shape index (κ3) is 2.19. The van der Waals surface area contributed by atoms with Crippen LogP contribution in [0.5, 0.6) is 0 Å². The maximum atomic E-state index is 10.9. The summed E-state index contributed by atoms with van der Waals surface area (Å²) in [5.41, 5.74) is 4.55. The first-order chi connectivity index (χ1) is 9.56. The molecule has 0 unspecified atom stereocenters. The lowest BCUT2D eigenvalue weighted by atomic mass is 9.85. The Labute approximate surface area is 118 Å². The molecule has 1 heterocycles. The van der Waals surface area contributed by atoms with Crippen LogP contribution in [0.1, 0.15) is 48.6 Å². The molecule has 4 heteroatoms. The molecule has 4 nitrogen and oxygen atoms in total. The number of aromatic nitrogens is 2. The fourth-order valence-corrected chi connectivity index (χ4v) is 2.82. The van der Waals surface area contributed by atoms with E-state index in [0.29, 0.717) is 12.5 Å². The number of rotatable bonds is 4. The summed E-state index contributed by atoms with van der Waals surface area (Å²) in [4.78, 5) is 15.7. The van der Waals surface area contributed by atoms with Crippen molar-refractivity contribution in [3.05, 3.63) is 29.1 Å². The van der Waals surface area contributed by atoms with Gasteiger partial charge in [0.25, 0.3) is 0 Å². The molecular weight excluding hydrogens is 252 g/mol. The molecule has 0 saturated heterocycles. The molecule has 20 heavy (non-hydrogen) atoms. The fraction of sp³-hybridized carbons (Fsp3) is 0.500. The number of carboxylic acids is 1. The van der Waals surface area contributed by atoms with Gasteiger partial charge in [0.1, 0.15) is 5.82 Å². The second kappa shape index (κ2) is 4.93.